The molecule has 2 aromatic heterocycles. The van der Waals surface area contributed by atoms with Gasteiger partial charge in [0, 0.05) is 24.2 Å². The van der Waals surface area contributed by atoms with Crippen molar-refractivity contribution in [2.45, 2.75) is 12.8 Å². The molecule has 1 amide bonds. The van der Waals surface area contributed by atoms with Gasteiger partial charge in [0.15, 0.2) is 5.13 Å². The maximum atomic E-state index is 11.8. The summed E-state index contributed by atoms with van der Waals surface area (Å²) in [4.78, 5) is 15.8. The molecule has 3 rings (SSSR count). The maximum Gasteiger partial charge on any atom is 0.226 e. The van der Waals surface area contributed by atoms with Gasteiger partial charge in [0.2, 0.25) is 5.91 Å². The van der Waals surface area contributed by atoms with Crippen molar-refractivity contribution in [3.63, 3.8) is 0 Å². The summed E-state index contributed by atoms with van der Waals surface area (Å²) in [6.07, 6.45) is 6.49. The van der Waals surface area contributed by atoms with Crippen LogP contribution in [0, 0.1) is 0 Å². The number of carbonyl (C=O) groups is 1. The van der Waals surface area contributed by atoms with Gasteiger partial charge in [-0.05, 0) is 24.1 Å². The van der Waals surface area contributed by atoms with E-state index >= 15 is 0 Å². The average Bonchev–Trinajstić information content (AvgIpc) is 3.17. The largest absolute Gasteiger partial charge is 0.302 e. The van der Waals surface area contributed by atoms with Crippen molar-refractivity contribution < 1.29 is 4.79 Å². The highest BCUT2D eigenvalue weighted by Crippen LogP contribution is 2.12. The zero-order valence-electron chi connectivity index (χ0n) is 11.3. The van der Waals surface area contributed by atoms with E-state index in [4.69, 9.17) is 0 Å². The lowest BCUT2D eigenvalue weighted by atomic mass is 10.2. The third kappa shape index (κ3) is 3.55. The average molecular weight is 298 g/mol. The SMILES string of the molecule is O=C(CCc1cnn(-c2ccccc2)c1)Nc1nccs1. The van der Waals surface area contributed by atoms with Crippen LogP contribution >= 0.6 is 11.3 Å². The smallest absolute Gasteiger partial charge is 0.226 e. The number of rotatable bonds is 5. The number of aromatic nitrogens is 3. The molecule has 0 aliphatic heterocycles. The van der Waals surface area contributed by atoms with E-state index in [9.17, 15) is 4.79 Å². The van der Waals surface area contributed by atoms with E-state index in [0.29, 0.717) is 18.0 Å². The minimum atomic E-state index is -0.0302. The number of benzene rings is 1. The first-order chi connectivity index (χ1) is 10.3. The van der Waals surface area contributed by atoms with Gasteiger partial charge in [-0.3, -0.25) is 4.79 Å². The number of hydrogen-bond donors (Lipinski definition) is 1. The van der Waals surface area contributed by atoms with Gasteiger partial charge >= 0.3 is 0 Å². The van der Waals surface area contributed by atoms with E-state index in [1.807, 2.05) is 46.6 Å². The van der Waals surface area contributed by atoms with Crippen LogP contribution in [0.15, 0.2) is 54.3 Å². The normalized spacial score (nSPS) is 10.5. The monoisotopic (exact) mass is 298 g/mol. The Kier molecular flexibility index (Phi) is 4.07. The van der Waals surface area contributed by atoms with E-state index in [0.717, 1.165) is 11.3 Å². The molecule has 1 N–H and O–H groups in total. The third-order valence-corrected chi connectivity index (χ3v) is 3.66. The van der Waals surface area contributed by atoms with Gasteiger partial charge in [0.1, 0.15) is 0 Å². The van der Waals surface area contributed by atoms with Crippen LogP contribution in [0.3, 0.4) is 0 Å². The molecule has 0 bridgehead atoms. The second-order valence-corrected chi connectivity index (χ2v) is 5.41. The number of anilines is 1. The van der Waals surface area contributed by atoms with E-state index in [2.05, 4.69) is 15.4 Å². The molecule has 106 valence electrons. The highest BCUT2D eigenvalue weighted by Gasteiger charge is 2.06. The van der Waals surface area contributed by atoms with Crippen LogP contribution in [0.1, 0.15) is 12.0 Å². The lowest BCUT2D eigenvalue weighted by Crippen LogP contribution is -2.11. The van der Waals surface area contributed by atoms with Crippen LogP contribution in [0.25, 0.3) is 5.69 Å². The minimum Gasteiger partial charge on any atom is -0.302 e. The molecule has 0 aliphatic rings. The Bertz CT molecular complexity index is 706. The van der Waals surface area contributed by atoms with Gasteiger partial charge < -0.3 is 5.32 Å². The van der Waals surface area contributed by atoms with Gasteiger partial charge in [-0.15, -0.1) is 11.3 Å². The topological polar surface area (TPSA) is 59.8 Å². The molecule has 2 heterocycles. The quantitative estimate of drug-likeness (QED) is 0.788. The first-order valence-electron chi connectivity index (χ1n) is 6.59. The molecule has 0 atom stereocenters. The zero-order valence-corrected chi connectivity index (χ0v) is 12.1. The molecule has 21 heavy (non-hydrogen) atoms. The van der Waals surface area contributed by atoms with Crippen molar-refractivity contribution in [1.29, 1.82) is 0 Å². The molecule has 0 unspecified atom stereocenters. The third-order valence-electron chi connectivity index (χ3n) is 2.98. The van der Waals surface area contributed by atoms with Crippen LogP contribution in [0.5, 0.6) is 0 Å². The summed E-state index contributed by atoms with van der Waals surface area (Å²) in [5, 5.41) is 9.56. The predicted octanol–water partition coefficient (Wildman–Crippen LogP) is 2.90. The Balaban J connectivity index is 1.56. The lowest BCUT2D eigenvalue weighted by molar-refractivity contribution is -0.116. The van der Waals surface area contributed by atoms with Crippen molar-refractivity contribution in [2.75, 3.05) is 5.32 Å². The second kappa shape index (κ2) is 6.32. The number of hydrogen-bond acceptors (Lipinski definition) is 4. The Morgan fingerprint density at radius 2 is 2.14 bits per heavy atom. The van der Waals surface area contributed by atoms with E-state index in [1.165, 1.54) is 11.3 Å². The predicted molar refractivity (Wildman–Crippen MR) is 82.6 cm³/mol. The molecule has 6 heteroatoms. The molecule has 0 saturated carbocycles. The van der Waals surface area contributed by atoms with E-state index in [1.54, 1.807) is 12.4 Å². The van der Waals surface area contributed by atoms with Crippen molar-refractivity contribution in [1.82, 2.24) is 14.8 Å². The van der Waals surface area contributed by atoms with Gasteiger partial charge in [0.25, 0.3) is 0 Å². The molecule has 0 fully saturated rings. The number of para-hydroxylation sites is 1. The van der Waals surface area contributed by atoms with Crippen LogP contribution in [0.2, 0.25) is 0 Å². The minimum absolute atomic E-state index is 0.0302. The molecule has 0 saturated heterocycles. The molecule has 5 nitrogen and oxygen atoms in total. The van der Waals surface area contributed by atoms with E-state index in [-0.39, 0.29) is 5.91 Å². The van der Waals surface area contributed by atoms with Crippen molar-refractivity contribution in [2.24, 2.45) is 0 Å². The lowest BCUT2D eigenvalue weighted by Gasteiger charge is -2.00. The molecule has 0 aliphatic carbocycles. The number of nitrogens with zero attached hydrogens (tertiary/aromatic N) is 3. The molecule has 0 spiro atoms. The first kappa shape index (κ1) is 13.5. The molecular weight excluding hydrogens is 284 g/mol. The Labute approximate surface area is 126 Å². The second-order valence-electron chi connectivity index (χ2n) is 4.51. The van der Waals surface area contributed by atoms with E-state index < -0.39 is 0 Å². The van der Waals surface area contributed by atoms with Gasteiger partial charge in [0.05, 0.1) is 11.9 Å². The number of thiazole rings is 1. The summed E-state index contributed by atoms with van der Waals surface area (Å²) in [5.41, 5.74) is 2.05. The van der Waals surface area contributed by atoms with Crippen LogP contribution in [-0.4, -0.2) is 20.7 Å². The zero-order chi connectivity index (χ0) is 14.5. The van der Waals surface area contributed by atoms with Gasteiger partial charge in [-0.2, -0.15) is 5.10 Å². The number of nitrogens with one attached hydrogen (secondary N) is 1. The van der Waals surface area contributed by atoms with Crippen LogP contribution in [0.4, 0.5) is 5.13 Å². The summed E-state index contributed by atoms with van der Waals surface area (Å²) in [6.45, 7) is 0. The fraction of sp³-hybridized carbons (Fsp3) is 0.133. The fourth-order valence-electron chi connectivity index (χ4n) is 1.94. The van der Waals surface area contributed by atoms with Crippen molar-refractivity contribution >= 4 is 22.4 Å². The molecule has 1 aromatic carbocycles. The Morgan fingerprint density at radius 3 is 2.90 bits per heavy atom. The first-order valence-corrected chi connectivity index (χ1v) is 7.47. The number of amides is 1. The summed E-state index contributed by atoms with van der Waals surface area (Å²) in [5.74, 6) is -0.0302. The highest BCUT2D eigenvalue weighted by molar-refractivity contribution is 7.13. The van der Waals surface area contributed by atoms with Crippen molar-refractivity contribution in [3.05, 3.63) is 59.9 Å². The standard InChI is InChI=1S/C15H14N4OS/c20-14(18-15-16-8-9-21-15)7-6-12-10-17-19(11-12)13-4-2-1-3-5-13/h1-5,8-11H,6-7H2,(H,16,18,20). The summed E-state index contributed by atoms with van der Waals surface area (Å²) >= 11 is 1.41. The summed E-state index contributed by atoms with van der Waals surface area (Å²) in [7, 11) is 0. The molecular formula is C15H14N4OS. The van der Waals surface area contributed by atoms with Gasteiger partial charge in [-0.1, -0.05) is 18.2 Å². The van der Waals surface area contributed by atoms with Crippen LogP contribution < -0.4 is 5.32 Å². The fourth-order valence-corrected chi connectivity index (χ4v) is 2.48. The number of aryl methyl sites for hydroxylation is 1. The Morgan fingerprint density at radius 1 is 1.29 bits per heavy atom. The van der Waals surface area contributed by atoms with Gasteiger partial charge in [-0.25, -0.2) is 9.67 Å². The Hall–Kier alpha value is -2.47. The van der Waals surface area contributed by atoms with Crippen molar-refractivity contribution in [3.8, 4) is 5.69 Å². The maximum absolute atomic E-state index is 11.8. The van der Waals surface area contributed by atoms with Crippen LogP contribution in [-0.2, 0) is 11.2 Å². The number of carbonyl (C=O) groups excluding carboxylic acids is 1. The summed E-state index contributed by atoms with van der Waals surface area (Å²) in [6, 6.07) is 9.89. The molecule has 0 radical (unpaired) electrons. The highest BCUT2D eigenvalue weighted by atomic mass is 32.1. The molecule has 3 aromatic rings. The summed E-state index contributed by atoms with van der Waals surface area (Å²) < 4.78 is 1.81.